The van der Waals surface area contributed by atoms with Crippen LogP contribution in [0.25, 0.3) is 11.0 Å². The fourth-order valence-corrected chi connectivity index (χ4v) is 3.43. The molecule has 0 spiro atoms. The van der Waals surface area contributed by atoms with Crippen LogP contribution >= 0.6 is 15.9 Å². The fourth-order valence-electron chi connectivity index (χ4n) is 2.86. The molecule has 0 amide bonds. The molecule has 0 fully saturated rings. The van der Waals surface area contributed by atoms with Crippen molar-refractivity contribution in [3.63, 3.8) is 0 Å². The number of para-hydroxylation sites is 1. The summed E-state index contributed by atoms with van der Waals surface area (Å²) in [6.07, 6.45) is 0.767. The van der Waals surface area contributed by atoms with E-state index in [0.717, 1.165) is 33.2 Å². The Morgan fingerprint density at radius 3 is 2.54 bits per heavy atom. The standard InChI is InChI=1S/C18H20BrN3O2/c1-24-14-8-6-13(7-9-14)12-22-16-5-2-4-15(19)17(16)21(18(22)23)11-3-10-20/h2,4-9H,3,10-12,20H2,1H3. The summed E-state index contributed by atoms with van der Waals surface area (Å²) in [5.74, 6) is 0.805. The first kappa shape index (κ1) is 16.8. The van der Waals surface area contributed by atoms with Gasteiger partial charge in [-0.1, -0.05) is 18.2 Å². The van der Waals surface area contributed by atoms with E-state index in [1.807, 2.05) is 42.5 Å². The predicted octanol–water partition coefficient (Wildman–Crippen LogP) is 2.97. The van der Waals surface area contributed by atoms with Crippen molar-refractivity contribution in [2.45, 2.75) is 19.5 Å². The summed E-state index contributed by atoms with van der Waals surface area (Å²) >= 11 is 3.57. The smallest absolute Gasteiger partial charge is 0.329 e. The Kier molecular flexibility index (Phi) is 5.06. The summed E-state index contributed by atoms with van der Waals surface area (Å²) in [6.45, 7) is 1.69. The van der Waals surface area contributed by atoms with Gasteiger partial charge in [0.05, 0.1) is 24.7 Å². The van der Waals surface area contributed by atoms with Crippen LogP contribution in [0, 0.1) is 0 Å². The van der Waals surface area contributed by atoms with E-state index in [0.29, 0.717) is 19.6 Å². The third-order valence-corrected chi connectivity index (χ3v) is 4.71. The highest BCUT2D eigenvalue weighted by atomic mass is 79.9. The number of ether oxygens (including phenoxy) is 1. The number of rotatable bonds is 6. The summed E-state index contributed by atoms with van der Waals surface area (Å²) in [6, 6.07) is 13.7. The number of methoxy groups -OCH3 is 1. The van der Waals surface area contributed by atoms with Crippen molar-refractivity contribution < 1.29 is 4.74 Å². The largest absolute Gasteiger partial charge is 0.497 e. The number of benzene rings is 2. The van der Waals surface area contributed by atoms with Gasteiger partial charge < -0.3 is 10.5 Å². The Hall–Kier alpha value is -2.05. The Bertz CT molecular complexity index is 897. The molecule has 3 rings (SSSR count). The van der Waals surface area contributed by atoms with Crippen LogP contribution in [0.2, 0.25) is 0 Å². The maximum absolute atomic E-state index is 12.9. The number of hydrogen-bond acceptors (Lipinski definition) is 3. The van der Waals surface area contributed by atoms with Gasteiger partial charge in [0.1, 0.15) is 5.75 Å². The number of imidazole rings is 1. The van der Waals surface area contributed by atoms with Crippen molar-refractivity contribution in [2.75, 3.05) is 13.7 Å². The Morgan fingerprint density at radius 2 is 1.88 bits per heavy atom. The Labute approximate surface area is 148 Å². The number of halogens is 1. The summed E-state index contributed by atoms with van der Waals surface area (Å²) in [4.78, 5) is 12.9. The molecule has 24 heavy (non-hydrogen) atoms. The molecule has 0 unspecified atom stereocenters. The zero-order valence-corrected chi connectivity index (χ0v) is 15.1. The Balaban J connectivity index is 2.08. The molecule has 0 radical (unpaired) electrons. The third kappa shape index (κ3) is 3.12. The van der Waals surface area contributed by atoms with Crippen molar-refractivity contribution >= 4 is 27.0 Å². The fraction of sp³-hybridized carbons (Fsp3) is 0.278. The van der Waals surface area contributed by atoms with Crippen LogP contribution in [-0.2, 0) is 13.1 Å². The summed E-state index contributed by atoms with van der Waals surface area (Å²) in [5, 5.41) is 0. The molecular weight excluding hydrogens is 370 g/mol. The molecule has 0 aliphatic carbocycles. The van der Waals surface area contributed by atoms with Crippen molar-refractivity contribution in [3.8, 4) is 5.75 Å². The van der Waals surface area contributed by atoms with Gasteiger partial charge in [0.2, 0.25) is 0 Å². The number of aromatic nitrogens is 2. The average Bonchev–Trinajstić information content (AvgIpc) is 2.87. The van der Waals surface area contributed by atoms with Crippen molar-refractivity contribution in [1.29, 1.82) is 0 Å². The zero-order valence-electron chi connectivity index (χ0n) is 13.5. The van der Waals surface area contributed by atoms with Crippen molar-refractivity contribution in [3.05, 3.63) is 63.0 Å². The minimum absolute atomic E-state index is 0.0128. The van der Waals surface area contributed by atoms with Crippen molar-refractivity contribution in [2.24, 2.45) is 5.73 Å². The van der Waals surface area contributed by atoms with Gasteiger partial charge in [-0.25, -0.2) is 4.79 Å². The van der Waals surface area contributed by atoms with Crippen LogP contribution in [-0.4, -0.2) is 22.8 Å². The van der Waals surface area contributed by atoms with Crippen LogP contribution < -0.4 is 16.2 Å². The predicted molar refractivity (Wildman–Crippen MR) is 99.7 cm³/mol. The van der Waals surface area contributed by atoms with E-state index in [-0.39, 0.29) is 5.69 Å². The molecule has 0 atom stereocenters. The average molecular weight is 390 g/mol. The van der Waals surface area contributed by atoms with Gasteiger partial charge in [0.25, 0.3) is 0 Å². The first-order valence-corrected chi connectivity index (χ1v) is 8.65. The quantitative estimate of drug-likeness (QED) is 0.704. The second-order valence-corrected chi connectivity index (χ2v) is 6.47. The van der Waals surface area contributed by atoms with E-state index in [2.05, 4.69) is 15.9 Å². The number of aryl methyl sites for hydroxylation is 1. The molecule has 5 nitrogen and oxygen atoms in total. The molecule has 1 heterocycles. The number of hydrogen-bond donors (Lipinski definition) is 1. The van der Waals surface area contributed by atoms with Gasteiger partial charge in [-0.3, -0.25) is 9.13 Å². The maximum atomic E-state index is 12.9. The lowest BCUT2D eigenvalue weighted by Crippen LogP contribution is -2.25. The molecule has 2 N–H and O–H groups in total. The summed E-state index contributed by atoms with van der Waals surface area (Å²) in [5.41, 5.74) is 8.50. The number of nitrogens with two attached hydrogens (primary N) is 1. The highest BCUT2D eigenvalue weighted by molar-refractivity contribution is 9.10. The molecule has 0 saturated carbocycles. The second-order valence-electron chi connectivity index (χ2n) is 5.62. The van der Waals surface area contributed by atoms with Crippen molar-refractivity contribution in [1.82, 2.24) is 9.13 Å². The van der Waals surface area contributed by atoms with Crippen LogP contribution in [0.4, 0.5) is 0 Å². The molecule has 6 heteroatoms. The van der Waals surface area contributed by atoms with E-state index < -0.39 is 0 Å². The molecule has 0 aliphatic heterocycles. The number of nitrogens with zero attached hydrogens (tertiary/aromatic N) is 2. The lowest BCUT2D eigenvalue weighted by atomic mass is 10.2. The maximum Gasteiger partial charge on any atom is 0.329 e. The molecular formula is C18H20BrN3O2. The topological polar surface area (TPSA) is 62.2 Å². The van der Waals surface area contributed by atoms with Crippen LogP contribution in [0.5, 0.6) is 5.75 Å². The third-order valence-electron chi connectivity index (χ3n) is 4.07. The molecule has 126 valence electrons. The number of fused-ring (bicyclic) bond motifs is 1. The van der Waals surface area contributed by atoms with E-state index >= 15 is 0 Å². The molecule has 3 aromatic rings. The van der Waals surface area contributed by atoms with Crippen LogP contribution in [0.3, 0.4) is 0 Å². The van der Waals surface area contributed by atoms with Gasteiger partial charge in [-0.05, 0) is 58.7 Å². The Morgan fingerprint density at radius 1 is 1.12 bits per heavy atom. The van der Waals surface area contributed by atoms with Gasteiger partial charge in [-0.15, -0.1) is 0 Å². The summed E-state index contributed by atoms with van der Waals surface area (Å²) < 4.78 is 9.71. The van der Waals surface area contributed by atoms with E-state index in [1.165, 1.54) is 0 Å². The minimum Gasteiger partial charge on any atom is -0.497 e. The van der Waals surface area contributed by atoms with Gasteiger partial charge in [0.15, 0.2) is 0 Å². The monoisotopic (exact) mass is 389 g/mol. The molecule has 0 bridgehead atoms. The molecule has 0 saturated heterocycles. The molecule has 1 aromatic heterocycles. The molecule has 2 aromatic carbocycles. The van der Waals surface area contributed by atoms with Crippen LogP contribution in [0.1, 0.15) is 12.0 Å². The van der Waals surface area contributed by atoms with Gasteiger partial charge in [-0.2, -0.15) is 0 Å². The highest BCUT2D eigenvalue weighted by Gasteiger charge is 2.15. The van der Waals surface area contributed by atoms with Crippen LogP contribution in [0.15, 0.2) is 51.7 Å². The van der Waals surface area contributed by atoms with E-state index in [4.69, 9.17) is 10.5 Å². The van der Waals surface area contributed by atoms with E-state index in [1.54, 1.807) is 16.2 Å². The highest BCUT2D eigenvalue weighted by Crippen LogP contribution is 2.24. The minimum atomic E-state index is -0.0128. The first-order chi connectivity index (χ1) is 11.7. The van der Waals surface area contributed by atoms with E-state index in [9.17, 15) is 4.79 Å². The zero-order chi connectivity index (χ0) is 17.1. The van der Waals surface area contributed by atoms with Gasteiger partial charge in [0, 0.05) is 11.0 Å². The molecule has 0 aliphatic rings. The first-order valence-electron chi connectivity index (χ1n) is 7.86. The lowest BCUT2D eigenvalue weighted by molar-refractivity contribution is 0.414. The summed E-state index contributed by atoms with van der Waals surface area (Å²) in [7, 11) is 1.64. The van der Waals surface area contributed by atoms with Gasteiger partial charge >= 0.3 is 5.69 Å². The second kappa shape index (κ2) is 7.23. The lowest BCUT2D eigenvalue weighted by Gasteiger charge is -2.05. The normalized spacial score (nSPS) is 11.1. The SMILES string of the molecule is COc1ccc(Cn2c(=O)n(CCCN)c3c(Br)cccc32)cc1.